The van der Waals surface area contributed by atoms with Crippen LogP contribution in [0.4, 0.5) is 0 Å². The van der Waals surface area contributed by atoms with Crippen molar-refractivity contribution in [2.75, 3.05) is 19.7 Å². The Hall–Kier alpha value is -3.66. The summed E-state index contributed by atoms with van der Waals surface area (Å²) in [5.74, 6) is -0.117. The van der Waals surface area contributed by atoms with Gasteiger partial charge in [0, 0.05) is 35.1 Å². The van der Waals surface area contributed by atoms with E-state index in [0.717, 1.165) is 31.6 Å². The zero-order valence-electron chi connectivity index (χ0n) is 18.2. The van der Waals surface area contributed by atoms with Gasteiger partial charge in [0.15, 0.2) is 0 Å². The highest BCUT2D eigenvalue weighted by atomic mass is 32.1. The van der Waals surface area contributed by atoms with Gasteiger partial charge in [-0.25, -0.2) is 9.97 Å². The highest BCUT2D eigenvalue weighted by molar-refractivity contribution is 7.19. The van der Waals surface area contributed by atoms with Crippen molar-refractivity contribution in [3.63, 3.8) is 0 Å². The summed E-state index contributed by atoms with van der Waals surface area (Å²) in [6.07, 6.45) is 4.75. The van der Waals surface area contributed by atoms with Gasteiger partial charge < -0.3 is 10.1 Å². The van der Waals surface area contributed by atoms with Gasteiger partial charge in [-0.15, -0.1) is 11.3 Å². The molecule has 0 radical (unpaired) electrons. The van der Waals surface area contributed by atoms with Gasteiger partial charge in [-0.1, -0.05) is 30.3 Å². The second-order valence-corrected chi connectivity index (χ2v) is 9.31. The second kappa shape index (κ2) is 8.94. The highest BCUT2D eigenvalue weighted by Gasteiger charge is 2.31. The molecule has 34 heavy (non-hydrogen) atoms. The number of amides is 1. The number of rotatable bonds is 5. The van der Waals surface area contributed by atoms with Gasteiger partial charge in [0.2, 0.25) is 0 Å². The molecule has 1 aliphatic heterocycles. The molecule has 5 aromatic rings. The first-order chi connectivity index (χ1) is 16.8. The molecule has 170 valence electrons. The van der Waals surface area contributed by atoms with E-state index in [2.05, 4.69) is 36.4 Å². The van der Waals surface area contributed by atoms with E-state index in [1.807, 2.05) is 60.9 Å². The third kappa shape index (κ3) is 3.94. The van der Waals surface area contributed by atoms with Crippen molar-refractivity contribution < 1.29 is 9.53 Å². The second-order valence-electron chi connectivity index (χ2n) is 8.20. The van der Waals surface area contributed by atoms with Crippen LogP contribution in [-0.4, -0.2) is 50.7 Å². The average Bonchev–Trinajstić information content (AvgIpc) is 3.54. The van der Waals surface area contributed by atoms with E-state index in [4.69, 9.17) is 4.74 Å². The van der Waals surface area contributed by atoms with Crippen molar-refractivity contribution in [2.24, 2.45) is 0 Å². The van der Waals surface area contributed by atoms with E-state index in [0.29, 0.717) is 25.3 Å². The molecule has 2 atom stereocenters. The van der Waals surface area contributed by atoms with Crippen LogP contribution in [0.1, 0.15) is 33.1 Å². The standard InChI is InChI=1S/C25H22N6O2S/c32-25(16-5-2-1-3-6-16)29-24(22-11-20-23(34-22)13-26-15-27-20)31-9-10-33-21(14-31)17-7-4-8-19-18(17)12-28-30-19/h1-8,11-13,15,21,24H,9-10,14H2,(H,28,30)(H,29,32). The topological polar surface area (TPSA) is 96.0 Å². The first kappa shape index (κ1) is 20.9. The number of carbonyl (C=O) groups excluding carboxylic acids is 1. The predicted octanol–water partition coefficient (Wildman–Crippen LogP) is 4.07. The van der Waals surface area contributed by atoms with Crippen LogP contribution in [0.15, 0.2) is 73.3 Å². The Morgan fingerprint density at radius 2 is 2.09 bits per heavy atom. The number of hydrogen-bond donors (Lipinski definition) is 2. The summed E-state index contributed by atoms with van der Waals surface area (Å²) < 4.78 is 7.18. The molecular weight excluding hydrogens is 448 g/mol. The van der Waals surface area contributed by atoms with E-state index in [1.165, 1.54) is 0 Å². The Labute approximate surface area is 199 Å². The minimum atomic E-state index is -0.318. The summed E-state index contributed by atoms with van der Waals surface area (Å²) >= 11 is 1.60. The number of aromatic amines is 1. The molecule has 2 unspecified atom stereocenters. The lowest BCUT2D eigenvalue weighted by atomic mass is 10.0. The Balaban J connectivity index is 1.34. The third-order valence-electron chi connectivity index (χ3n) is 6.12. The van der Waals surface area contributed by atoms with Gasteiger partial charge in [0.1, 0.15) is 12.5 Å². The maximum absolute atomic E-state index is 13.2. The number of morpholine rings is 1. The number of nitrogens with zero attached hydrogens (tertiary/aromatic N) is 4. The van der Waals surface area contributed by atoms with Gasteiger partial charge in [0.25, 0.3) is 5.91 Å². The van der Waals surface area contributed by atoms with Gasteiger partial charge >= 0.3 is 0 Å². The Bertz CT molecular complexity index is 1420. The van der Waals surface area contributed by atoms with Gasteiger partial charge in [-0.3, -0.25) is 14.8 Å². The molecule has 0 saturated carbocycles. The predicted molar refractivity (Wildman–Crippen MR) is 130 cm³/mol. The number of thiophene rings is 1. The van der Waals surface area contributed by atoms with Gasteiger partial charge in [-0.05, 0) is 29.8 Å². The first-order valence-electron chi connectivity index (χ1n) is 11.1. The Morgan fingerprint density at radius 3 is 2.97 bits per heavy atom. The van der Waals surface area contributed by atoms with E-state index in [9.17, 15) is 4.79 Å². The molecule has 4 heterocycles. The minimum absolute atomic E-state index is 0.117. The molecular formula is C25H22N6O2S. The summed E-state index contributed by atoms with van der Waals surface area (Å²) in [6.45, 7) is 1.88. The van der Waals surface area contributed by atoms with E-state index in [1.54, 1.807) is 17.7 Å². The molecule has 2 aromatic carbocycles. The number of fused-ring (bicyclic) bond motifs is 2. The summed E-state index contributed by atoms with van der Waals surface area (Å²) in [6, 6.07) is 17.4. The van der Waals surface area contributed by atoms with Crippen molar-refractivity contribution in [3.05, 3.63) is 89.3 Å². The van der Waals surface area contributed by atoms with Crippen LogP contribution in [-0.2, 0) is 4.74 Å². The van der Waals surface area contributed by atoms with Crippen LogP contribution in [0.2, 0.25) is 0 Å². The average molecular weight is 471 g/mol. The monoisotopic (exact) mass is 470 g/mol. The maximum Gasteiger partial charge on any atom is 0.252 e. The zero-order valence-corrected chi connectivity index (χ0v) is 19.0. The quantitative estimate of drug-likeness (QED) is 0.402. The van der Waals surface area contributed by atoms with E-state index in [-0.39, 0.29) is 18.2 Å². The van der Waals surface area contributed by atoms with Crippen molar-refractivity contribution in [1.29, 1.82) is 0 Å². The van der Waals surface area contributed by atoms with E-state index < -0.39 is 0 Å². The zero-order chi connectivity index (χ0) is 22.9. The molecule has 8 nitrogen and oxygen atoms in total. The van der Waals surface area contributed by atoms with E-state index >= 15 is 0 Å². The summed E-state index contributed by atoms with van der Waals surface area (Å²) in [4.78, 5) is 25.0. The van der Waals surface area contributed by atoms with Crippen molar-refractivity contribution in [1.82, 2.24) is 30.4 Å². The fourth-order valence-electron chi connectivity index (χ4n) is 4.44. The number of carbonyl (C=O) groups is 1. The number of nitrogens with one attached hydrogen (secondary N) is 2. The SMILES string of the molecule is O=C(NC(c1cc2ncncc2s1)N1CCOC(c2cccc3[nH]ncc23)C1)c1ccccc1. The minimum Gasteiger partial charge on any atom is -0.371 e. The van der Waals surface area contributed by atoms with Gasteiger partial charge in [0.05, 0.1) is 34.6 Å². The summed E-state index contributed by atoms with van der Waals surface area (Å²) in [7, 11) is 0. The van der Waals surface area contributed by atoms with Crippen LogP contribution < -0.4 is 5.32 Å². The smallest absolute Gasteiger partial charge is 0.252 e. The Morgan fingerprint density at radius 1 is 1.18 bits per heavy atom. The van der Waals surface area contributed by atoms with Crippen LogP contribution in [0.3, 0.4) is 0 Å². The normalized spacial score (nSPS) is 17.7. The lowest BCUT2D eigenvalue weighted by molar-refractivity contribution is -0.0484. The largest absolute Gasteiger partial charge is 0.371 e. The molecule has 0 spiro atoms. The third-order valence-corrected chi connectivity index (χ3v) is 7.23. The molecule has 1 aliphatic rings. The molecule has 2 N–H and O–H groups in total. The lowest BCUT2D eigenvalue weighted by Crippen LogP contribution is -2.47. The van der Waals surface area contributed by atoms with Crippen LogP contribution in [0.25, 0.3) is 21.1 Å². The van der Waals surface area contributed by atoms with Crippen LogP contribution in [0.5, 0.6) is 0 Å². The molecule has 9 heteroatoms. The van der Waals surface area contributed by atoms with Gasteiger partial charge in [-0.2, -0.15) is 5.10 Å². The number of ether oxygens (including phenoxy) is 1. The maximum atomic E-state index is 13.2. The van der Waals surface area contributed by atoms with Crippen molar-refractivity contribution in [2.45, 2.75) is 12.3 Å². The summed E-state index contributed by atoms with van der Waals surface area (Å²) in [5.41, 5.74) is 3.57. The lowest BCUT2D eigenvalue weighted by Gasteiger charge is -2.38. The molecule has 1 fully saturated rings. The number of aromatic nitrogens is 4. The Kier molecular flexibility index (Phi) is 5.50. The molecule has 1 amide bonds. The fraction of sp³-hybridized carbons (Fsp3) is 0.200. The molecule has 3 aromatic heterocycles. The fourth-order valence-corrected chi connectivity index (χ4v) is 5.52. The number of H-pyrrole nitrogens is 1. The number of benzene rings is 2. The van der Waals surface area contributed by atoms with Crippen LogP contribution in [0, 0.1) is 0 Å². The molecule has 6 rings (SSSR count). The molecule has 0 bridgehead atoms. The summed E-state index contributed by atoms with van der Waals surface area (Å²) in [5, 5.41) is 11.5. The molecule has 1 saturated heterocycles. The van der Waals surface area contributed by atoms with Crippen molar-refractivity contribution in [3.8, 4) is 0 Å². The highest BCUT2D eigenvalue weighted by Crippen LogP contribution is 2.35. The molecule has 0 aliphatic carbocycles. The van der Waals surface area contributed by atoms with Crippen LogP contribution >= 0.6 is 11.3 Å². The first-order valence-corrected chi connectivity index (χ1v) is 11.9. The number of hydrogen-bond acceptors (Lipinski definition) is 7. The van der Waals surface area contributed by atoms with Crippen molar-refractivity contribution >= 4 is 38.4 Å².